The average molecular weight is 243 g/mol. The molecule has 0 amide bonds. The van der Waals surface area contributed by atoms with E-state index in [9.17, 15) is 5.11 Å². The normalized spacial score (nSPS) is 16.2. The summed E-state index contributed by atoms with van der Waals surface area (Å²) in [5.74, 6) is 0.969. The van der Waals surface area contributed by atoms with Crippen LogP contribution in [0.3, 0.4) is 0 Å². The predicted octanol–water partition coefficient (Wildman–Crippen LogP) is 2.84. The molecule has 18 heavy (non-hydrogen) atoms. The third-order valence-corrected chi connectivity index (χ3v) is 3.61. The van der Waals surface area contributed by atoms with Gasteiger partial charge in [0.25, 0.3) is 0 Å². The molecule has 1 aliphatic rings. The Kier molecular flexibility index (Phi) is 3.00. The first-order valence-electron chi connectivity index (χ1n) is 6.48. The Bertz CT molecular complexity index is 529. The smallest absolute Gasteiger partial charge is 0.134 e. The summed E-state index contributed by atoms with van der Waals surface area (Å²) < 4.78 is 2.01. The molecular formula is C14H17N3O. The van der Waals surface area contributed by atoms with Crippen LogP contribution in [0.2, 0.25) is 0 Å². The third kappa shape index (κ3) is 2.37. The number of nitrogens with zero attached hydrogens (tertiary/aromatic N) is 3. The molecule has 0 bridgehead atoms. The van der Waals surface area contributed by atoms with E-state index < -0.39 is 0 Å². The molecule has 1 saturated carbocycles. The van der Waals surface area contributed by atoms with Gasteiger partial charge in [-0.2, -0.15) is 5.10 Å². The van der Waals surface area contributed by atoms with Crippen molar-refractivity contribution in [1.29, 1.82) is 0 Å². The van der Waals surface area contributed by atoms with E-state index in [0.717, 1.165) is 23.6 Å². The van der Waals surface area contributed by atoms with Gasteiger partial charge in [-0.3, -0.25) is 9.67 Å². The Morgan fingerprint density at radius 3 is 2.78 bits per heavy atom. The fraction of sp³-hybridized carbons (Fsp3) is 0.429. The van der Waals surface area contributed by atoms with E-state index in [1.807, 2.05) is 17.1 Å². The van der Waals surface area contributed by atoms with Crippen molar-refractivity contribution in [2.24, 2.45) is 5.92 Å². The van der Waals surface area contributed by atoms with Gasteiger partial charge in [0.15, 0.2) is 0 Å². The molecule has 1 N–H and O–H groups in total. The molecule has 1 aliphatic carbocycles. The summed E-state index contributed by atoms with van der Waals surface area (Å²) in [5.41, 5.74) is 1.92. The van der Waals surface area contributed by atoms with E-state index in [4.69, 9.17) is 0 Å². The van der Waals surface area contributed by atoms with Crippen LogP contribution < -0.4 is 0 Å². The monoisotopic (exact) mass is 243 g/mol. The Morgan fingerprint density at radius 1 is 1.17 bits per heavy atom. The second-order valence-corrected chi connectivity index (χ2v) is 5.03. The van der Waals surface area contributed by atoms with Crippen molar-refractivity contribution in [2.75, 3.05) is 0 Å². The first-order valence-corrected chi connectivity index (χ1v) is 6.48. The van der Waals surface area contributed by atoms with Crippen molar-refractivity contribution in [3.8, 4) is 16.9 Å². The van der Waals surface area contributed by atoms with Gasteiger partial charge in [-0.25, -0.2) is 0 Å². The molecular weight excluding hydrogens is 226 g/mol. The maximum absolute atomic E-state index is 9.42. The van der Waals surface area contributed by atoms with Crippen LogP contribution in [0.15, 0.2) is 30.9 Å². The SMILES string of the molecule is Oc1cncc(-c2cnn(CC3CCCC3)c2)c1. The van der Waals surface area contributed by atoms with E-state index >= 15 is 0 Å². The van der Waals surface area contributed by atoms with Crippen molar-refractivity contribution in [1.82, 2.24) is 14.8 Å². The number of hydrogen-bond acceptors (Lipinski definition) is 3. The second-order valence-electron chi connectivity index (χ2n) is 5.03. The zero-order chi connectivity index (χ0) is 12.4. The van der Waals surface area contributed by atoms with Gasteiger partial charge in [0.1, 0.15) is 5.75 Å². The van der Waals surface area contributed by atoms with Crippen molar-refractivity contribution >= 4 is 0 Å². The van der Waals surface area contributed by atoms with Crippen LogP contribution in [0.1, 0.15) is 25.7 Å². The highest BCUT2D eigenvalue weighted by atomic mass is 16.3. The van der Waals surface area contributed by atoms with Crippen LogP contribution in [0.4, 0.5) is 0 Å². The minimum absolute atomic E-state index is 0.191. The summed E-state index contributed by atoms with van der Waals surface area (Å²) in [6.07, 6.45) is 12.4. The lowest BCUT2D eigenvalue weighted by Gasteiger charge is -2.07. The van der Waals surface area contributed by atoms with Crippen LogP contribution in [0, 0.1) is 5.92 Å². The lowest BCUT2D eigenvalue weighted by molar-refractivity contribution is 0.429. The highest BCUT2D eigenvalue weighted by Crippen LogP contribution is 2.27. The van der Waals surface area contributed by atoms with E-state index in [1.54, 1.807) is 12.3 Å². The molecule has 0 aliphatic heterocycles. The van der Waals surface area contributed by atoms with Gasteiger partial charge in [-0.1, -0.05) is 12.8 Å². The van der Waals surface area contributed by atoms with Crippen LogP contribution in [0.5, 0.6) is 5.75 Å². The van der Waals surface area contributed by atoms with Crippen LogP contribution in [-0.4, -0.2) is 19.9 Å². The number of aromatic nitrogens is 3. The quantitative estimate of drug-likeness (QED) is 0.901. The molecule has 3 rings (SSSR count). The summed E-state index contributed by atoms with van der Waals surface area (Å²) in [7, 11) is 0. The molecule has 0 atom stereocenters. The van der Waals surface area contributed by atoms with Crippen molar-refractivity contribution in [2.45, 2.75) is 32.2 Å². The predicted molar refractivity (Wildman–Crippen MR) is 69.1 cm³/mol. The minimum Gasteiger partial charge on any atom is -0.506 e. The van der Waals surface area contributed by atoms with Crippen LogP contribution in [-0.2, 0) is 6.54 Å². The van der Waals surface area contributed by atoms with Gasteiger partial charge in [-0.05, 0) is 24.8 Å². The Balaban J connectivity index is 1.76. The van der Waals surface area contributed by atoms with E-state index in [0.29, 0.717) is 0 Å². The Morgan fingerprint density at radius 2 is 2.00 bits per heavy atom. The molecule has 4 nitrogen and oxygen atoms in total. The van der Waals surface area contributed by atoms with E-state index in [1.165, 1.54) is 31.9 Å². The van der Waals surface area contributed by atoms with Gasteiger partial charge in [0, 0.05) is 30.1 Å². The number of pyridine rings is 1. The molecule has 1 fully saturated rings. The Hall–Kier alpha value is -1.84. The standard InChI is InChI=1S/C14H17N3O/c18-14-5-12(6-15-8-14)13-7-16-17(10-13)9-11-3-1-2-4-11/h5-8,10-11,18H,1-4,9H2. The third-order valence-electron chi connectivity index (χ3n) is 3.61. The number of aromatic hydroxyl groups is 1. The van der Waals surface area contributed by atoms with Gasteiger partial charge in [0.05, 0.1) is 12.4 Å². The van der Waals surface area contributed by atoms with Gasteiger partial charge < -0.3 is 5.11 Å². The number of hydrogen-bond donors (Lipinski definition) is 1. The van der Waals surface area contributed by atoms with E-state index in [-0.39, 0.29) is 5.75 Å². The lowest BCUT2D eigenvalue weighted by atomic mass is 10.1. The zero-order valence-corrected chi connectivity index (χ0v) is 10.3. The lowest BCUT2D eigenvalue weighted by Crippen LogP contribution is -2.07. The molecule has 0 radical (unpaired) electrons. The molecule has 0 spiro atoms. The summed E-state index contributed by atoms with van der Waals surface area (Å²) in [6.45, 7) is 1.01. The van der Waals surface area contributed by atoms with Crippen molar-refractivity contribution in [3.63, 3.8) is 0 Å². The molecule has 0 saturated heterocycles. The van der Waals surface area contributed by atoms with Gasteiger partial charge >= 0.3 is 0 Å². The average Bonchev–Trinajstić information content (AvgIpc) is 3.01. The largest absolute Gasteiger partial charge is 0.506 e. The van der Waals surface area contributed by atoms with Crippen molar-refractivity contribution < 1.29 is 5.11 Å². The molecule has 4 heteroatoms. The fourth-order valence-electron chi connectivity index (χ4n) is 2.66. The molecule has 2 aromatic heterocycles. The van der Waals surface area contributed by atoms with Crippen LogP contribution in [0.25, 0.3) is 11.1 Å². The summed E-state index contributed by atoms with van der Waals surface area (Å²) in [4.78, 5) is 3.99. The maximum Gasteiger partial charge on any atom is 0.134 e. The maximum atomic E-state index is 9.42. The van der Waals surface area contributed by atoms with Gasteiger partial charge in [0.2, 0.25) is 0 Å². The molecule has 2 aromatic rings. The summed E-state index contributed by atoms with van der Waals surface area (Å²) in [5, 5.41) is 13.8. The first kappa shape index (κ1) is 11.3. The molecule has 2 heterocycles. The summed E-state index contributed by atoms with van der Waals surface area (Å²) in [6, 6.07) is 1.71. The van der Waals surface area contributed by atoms with Gasteiger partial charge in [-0.15, -0.1) is 0 Å². The van der Waals surface area contributed by atoms with E-state index in [2.05, 4.69) is 10.1 Å². The van der Waals surface area contributed by atoms with Crippen LogP contribution >= 0.6 is 0 Å². The summed E-state index contributed by atoms with van der Waals surface area (Å²) >= 11 is 0. The Labute approximate surface area is 106 Å². The molecule has 94 valence electrons. The fourth-order valence-corrected chi connectivity index (χ4v) is 2.66. The topological polar surface area (TPSA) is 50.9 Å². The molecule has 0 aromatic carbocycles. The van der Waals surface area contributed by atoms with Crippen molar-refractivity contribution in [3.05, 3.63) is 30.9 Å². The minimum atomic E-state index is 0.191. The highest BCUT2D eigenvalue weighted by Gasteiger charge is 2.16. The first-order chi connectivity index (χ1) is 8.81. The number of rotatable bonds is 3. The highest BCUT2D eigenvalue weighted by molar-refractivity contribution is 5.61. The second kappa shape index (κ2) is 4.80. The molecule has 0 unspecified atom stereocenters. The zero-order valence-electron chi connectivity index (χ0n) is 10.3.